The number of alkyl halides is 1. The van der Waals surface area contributed by atoms with Gasteiger partial charge in [-0.2, -0.15) is 0 Å². The third kappa shape index (κ3) is 2.79. The number of hydrogen-bond donors (Lipinski definition) is 1. The molecule has 0 bridgehead atoms. The van der Waals surface area contributed by atoms with Crippen molar-refractivity contribution in [1.82, 2.24) is 9.97 Å². The average molecular weight is 313 g/mol. The molecule has 0 amide bonds. The van der Waals surface area contributed by atoms with E-state index >= 15 is 4.39 Å². The van der Waals surface area contributed by atoms with Crippen molar-refractivity contribution in [3.05, 3.63) is 60.0 Å². The summed E-state index contributed by atoms with van der Waals surface area (Å²) in [6.45, 7) is 1.88. The Morgan fingerprint density at radius 1 is 1.39 bits per heavy atom. The number of halogens is 1. The molecule has 0 aliphatic heterocycles. The molecule has 120 valence electrons. The summed E-state index contributed by atoms with van der Waals surface area (Å²) in [5.74, 6) is 0.256. The van der Waals surface area contributed by atoms with Crippen molar-refractivity contribution in [2.75, 3.05) is 7.11 Å². The van der Waals surface area contributed by atoms with Crippen LogP contribution < -0.4 is 5.73 Å². The number of ether oxygens (including phenoxy) is 1. The quantitative estimate of drug-likeness (QED) is 0.880. The van der Waals surface area contributed by atoms with E-state index in [1.54, 1.807) is 18.5 Å². The zero-order chi connectivity index (χ0) is 16.4. The Balaban J connectivity index is 2.05. The summed E-state index contributed by atoms with van der Waals surface area (Å²) >= 11 is 0. The molecule has 0 fully saturated rings. The Morgan fingerprint density at radius 3 is 2.83 bits per heavy atom. The van der Waals surface area contributed by atoms with Gasteiger partial charge in [-0.1, -0.05) is 25.1 Å². The Hall–Kier alpha value is -2.43. The summed E-state index contributed by atoms with van der Waals surface area (Å²) in [5.41, 5.74) is 8.72. The SMILES string of the molecule is CO/C(N)=C\[C@@]1(C)CCc2c(-c3cncnc3)cccc2C1F. The van der Waals surface area contributed by atoms with Crippen LogP contribution in [0.1, 0.15) is 30.6 Å². The number of nitrogens with zero attached hydrogens (tertiary/aromatic N) is 2. The summed E-state index contributed by atoms with van der Waals surface area (Å²) < 4.78 is 20.2. The second kappa shape index (κ2) is 5.99. The zero-order valence-corrected chi connectivity index (χ0v) is 13.3. The van der Waals surface area contributed by atoms with Crippen LogP contribution in [0.15, 0.2) is 48.9 Å². The van der Waals surface area contributed by atoms with E-state index in [-0.39, 0.29) is 5.88 Å². The number of rotatable bonds is 3. The molecule has 0 saturated heterocycles. The highest BCUT2D eigenvalue weighted by molar-refractivity contribution is 5.68. The fraction of sp³-hybridized carbons (Fsp3) is 0.333. The van der Waals surface area contributed by atoms with Crippen LogP contribution in [0.25, 0.3) is 11.1 Å². The third-order valence-electron chi connectivity index (χ3n) is 4.56. The molecule has 1 aromatic heterocycles. The number of fused-ring (bicyclic) bond motifs is 1. The molecule has 2 N–H and O–H groups in total. The minimum atomic E-state index is -1.13. The van der Waals surface area contributed by atoms with E-state index < -0.39 is 11.6 Å². The summed E-state index contributed by atoms with van der Waals surface area (Å²) in [7, 11) is 1.49. The minimum absolute atomic E-state index is 0.256. The van der Waals surface area contributed by atoms with Gasteiger partial charge in [0.2, 0.25) is 0 Å². The van der Waals surface area contributed by atoms with Gasteiger partial charge in [-0.15, -0.1) is 0 Å². The lowest BCUT2D eigenvalue weighted by atomic mass is 9.70. The van der Waals surface area contributed by atoms with E-state index in [2.05, 4.69) is 9.97 Å². The van der Waals surface area contributed by atoms with Gasteiger partial charge in [0.1, 0.15) is 12.5 Å². The van der Waals surface area contributed by atoms with Crippen LogP contribution in [0, 0.1) is 5.41 Å². The Bertz CT molecular complexity index is 732. The molecule has 1 aliphatic carbocycles. The molecular weight excluding hydrogens is 293 g/mol. The van der Waals surface area contributed by atoms with Crippen LogP contribution in [0.5, 0.6) is 0 Å². The van der Waals surface area contributed by atoms with Crippen LogP contribution in [-0.4, -0.2) is 17.1 Å². The van der Waals surface area contributed by atoms with Gasteiger partial charge in [0.05, 0.1) is 7.11 Å². The molecule has 0 saturated carbocycles. The topological polar surface area (TPSA) is 61.0 Å². The minimum Gasteiger partial charge on any atom is -0.483 e. The molecule has 1 aliphatic rings. The molecule has 2 atom stereocenters. The maximum atomic E-state index is 15.2. The van der Waals surface area contributed by atoms with Crippen LogP contribution in [-0.2, 0) is 11.2 Å². The third-order valence-corrected chi connectivity index (χ3v) is 4.56. The van der Waals surface area contributed by atoms with Gasteiger partial charge in [-0.3, -0.25) is 0 Å². The Morgan fingerprint density at radius 2 is 2.13 bits per heavy atom. The van der Waals surface area contributed by atoms with Crippen LogP contribution in [0.2, 0.25) is 0 Å². The molecule has 5 heteroatoms. The summed E-state index contributed by atoms with van der Waals surface area (Å²) in [6, 6.07) is 5.72. The van der Waals surface area contributed by atoms with E-state index in [1.165, 1.54) is 13.4 Å². The lowest BCUT2D eigenvalue weighted by molar-refractivity contribution is 0.143. The number of hydrogen-bond acceptors (Lipinski definition) is 4. The summed E-state index contributed by atoms with van der Waals surface area (Å²) in [5, 5.41) is 0. The van der Waals surface area contributed by atoms with Gasteiger partial charge in [-0.25, -0.2) is 14.4 Å². The van der Waals surface area contributed by atoms with E-state index in [4.69, 9.17) is 10.5 Å². The smallest absolute Gasteiger partial charge is 0.180 e. The second-order valence-corrected chi connectivity index (χ2v) is 6.12. The van der Waals surface area contributed by atoms with E-state index in [1.807, 2.05) is 25.1 Å². The molecule has 0 radical (unpaired) electrons. The van der Waals surface area contributed by atoms with Gasteiger partial charge in [0.15, 0.2) is 5.88 Å². The summed E-state index contributed by atoms with van der Waals surface area (Å²) in [4.78, 5) is 8.12. The second-order valence-electron chi connectivity index (χ2n) is 6.12. The Kier molecular flexibility index (Phi) is 4.03. The molecule has 2 aromatic rings. The van der Waals surface area contributed by atoms with Gasteiger partial charge >= 0.3 is 0 Å². The van der Waals surface area contributed by atoms with E-state index in [0.29, 0.717) is 12.0 Å². The van der Waals surface area contributed by atoms with Crippen molar-refractivity contribution in [1.29, 1.82) is 0 Å². The van der Waals surface area contributed by atoms with E-state index in [0.717, 1.165) is 23.1 Å². The highest BCUT2D eigenvalue weighted by Crippen LogP contribution is 2.49. The predicted molar refractivity (Wildman–Crippen MR) is 87.0 cm³/mol. The maximum Gasteiger partial charge on any atom is 0.180 e. The van der Waals surface area contributed by atoms with Gasteiger partial charge in [-0.05, 0) is 35.6 Å². The first-order chi connectivity index (χ1) is 11.0. The van der Waals surface area contributed by atoms with Crippen LogP contribution >= 0.6 is 0 Å². The lowest BCUT2D eigenvalue weighted by Gasteiger charge is -2.37. The highest BCUT2D eigenvalue weighted by atomic mass is 19.1. The van der Waals surface area contributed by atoms with Crippen molar-refractivity contribution in [3.63, 3.8) is 0 Å². The predicted octanol–water partition coefficient (Wildman–Crippen LogP) is 3.55. The van der Waals surface area contributed by atoms with Gasteiger partial charge in [0.25, 0.3) is 0 Å². The average Bonchev–Trinajstić information content (AvgIpc) is 2.59. The van der Waals surface area contributed by atoms with Crippen molar-refractivity contribution >= 4 is 0 Å². The van der Waals surface area contributed by atoms with E-state index in [9.17, 15) is 0 Å². The number of methoxy groups -OCH3 is 1. The zero-order valence-electron chi connectivity index (χ0n) is 13.3. The first-order valence-electron chi connectivity index (χ1n) is 7.59. The first kappa shape index (κ1) is 15.5. The number of nitrogens with two attached hydrogens (primary N) is 1. The highest BCUT2D eigenvalue weighted by Gasteiger charge is 2.39. The standard InChI is InChI=1S/C18H20FN3O/c1-18(8-16(20)23-2)7-6-14-13(12-9-21-11-22-10-12)4-3-5-15(14)17(18)19/h3-5,8-11,17H,6-7,20H2,1-2H3/b16-8-/t17?,18-/m1/s1. The molecule has 0 spiro atoms. The normalized spacial score (nSPS) is 24.1. The molecule has 23 heavy (non-hydrogen) atoms. The molecule has 1 unspecified atom stereocenters. The number of allylic oxidation sites excluding steroid dienone is 1. The molecule has 1 heterocycles. The van der Waals surface area contributed by atoms with Crippen molar-refractivity contribution in [2.24, 2.45) is 11.1 Å². The lowest BCUT2D eigenvalue weighted by Crippen LogP contribution is -2.28. The number of benzene rings is 1. The van der Waals surface area contributed by atoms with Crippen molar-refractivity contribution in [3.8, 4) is 11.1 Å². The maximum absolute atomic E-state index is 15.2. The molecule has 4 nitrogen and oxygen atoms in total. The first-order valence-corrected chi connectivity index (χ1v) is 7.59. The largest absolute Gasteiger partial charge is 0.483 e. The van der Waals surface area contributed by atoms with Gasteiger partial charge < -0.3 is 10.5 Å². The number of aromatic nitrogens is 2. The summed E-state index contributed by atoms with van der Waals surface area (Å²) in [6.07, 6.45) is 7.00. The monoisotopic (exact) mass is 313 g/mol. The van der Waals surface area contributed by atoms with Gasteiger partial charge in [0, 0.05) is 23.4 Å². The fourth-order valence-corrected chi connectivity index (χ4v) is 3.24. The fourth-order valence-electron chi connectivity index (χ4n) is 3.24. The molecule has 1 aromatic carbocycles. The van der Waals surface area contributed by atoms with Crippen molar-refractivity contribution < 1.29 is 9.13 Å². The van der Waals surface area contributed by atoms with Crippen LogP contribution in [0.4, 0.5) is 4.39 Å². The molecular formula is C18H20FN3O. The van der Waals surface area contributed by atoms with Crippen LogP contribution in [0.3, 0.4) is 0 Å². The van der Waals surface area contributed by atoms with Crippen molar-refractivity contribution in [2.45, 2.75) is 25.9 Å². The molecule has 3 rings (SSSR count). The Labute approximate surface area is 135 Å².